The SMILES string of the molecule is CC/C=C\C/C=C\C/C=C\C/C=C\C/C=C\C/C=C\C/C=C\C/C=C\CCCCCCC(=O)NC(COC1OC(CO)C(O)C(O)C1O)C(O)/C=C/CC/C=C/CCCCCCCCC. The maximum Gasteiger partial charge on any atom is 0.220 e. The van der Waals surface area contributed by atoms with Gasteiger partial charge in [-0.2, -0.15) is 0 Å². The van der Waals surface area contributed by atoms with E-state index in [-0.39, 0.29) is 12.5 Å². The van der Waals surface area contributed by atoms with Gasteiger partial charge in [0.05, 0.1) is 25.4 Å². The number of carbonyl (C=O) groups excluding carboxylic acids is 1. The molecule has 0 aromatic carbocycles. The molecule has 1 rings (SSSR count). The first-order chi connectivity index (χ1) is 31.8. The van der Waals surface area contributed by atoms with Crippen LogP contribution in [0.4, 0.5) is 0 Å². The standard InChI is InChI=1S/C56H91NO8/c1-3-5-7-9-11-13-15-17-18-19-20-21-22-23-24-25-26-27-28-29-30-31-32-34-36-38-40-42-44-46-52(60)57-49(48-64-56-55(63)54(62)53(61)51(47-58)65-56)50(59)45-43-41-39-37-35-33-16-14-12-10-8-6-4-2/h5,7,11,13,17-18,20-21,23-24,26-27,29-30,32,34-35,37,43,45,49-51,53-56,58-59,61-63H,3-4,6,8-10,12,14-16,19,22,25,28,31,33,36,38-42,44,46-48H2,1-2H3,(H,57,60)/b7-5-,13-11-,18-17-,21-20-,24-23-,27-26-,30-29-,34-32-,37-35+,45-43+. The molecule has 1 heterocycles. The Bertz CT molecular complexity index is 1420. The van der Waals surface area contributed by atoms with E-state index >= 15 is 0 Å². The number of carbonyl (C=O) groups is 1. The highest BCUT2D eigenvalue weighted by Crippen LogP contribution is 2.22. The molecule has 368 valence electrons. The summed E-state index contributed by atoms with van der Waals surface area (Å²) in [6.07, 6.45) is 59.6. The third kappa shape index (κ3) is 34.5. The van der Waals surface area contributed by atoms with Gasteiger partial charge in [-0.1, -0.05) is 187 Å². The molecule has 1 fully saturated rings. The zero-order valence-corrected chi connectivity index (χ0v) is 40.4. The van der Waals surface area contributed by atoms with Crippen molar-refractivity contribution in [2.45, 2.75) is 211 Å². The van der Waals surface area contributed by atoms with E-state index in [1.54, 1.807) is 6.08 Å². The second-order valence-electron chi connectivity index (χ2n) is 16.9. The summed E-state index contributed by atoms with van der Waals surface area (Å²) >= 11 is 0. The molecule has 65 heavy (non-hydrogen) atoms. The largest absolute Gasteiger partial charge is 0.394 e. The third-order valence-electron chi connectivity index (χ3n) is 11.0. The van der Waals surface area contributed by atoms with E-state index in [9.17, 15) is 30.3 Å². The molecule has 1 saturated heterocycles. The number of hydrogen-bond acceptors (Lipinski definition) is 8. The molecular weight excluding hydrogens is 815 g/mol. The first-order valence-electron chi connectivity index (χ1n) is 25.3. The normalized spacial score (nSPS) is 21.0. The summed E-state index contributed by atoms with van der Waals surface area (Å²) in [6.45, 7) is 3.59. The molecule has 6 N–H and O–H groups in total. The van der Waals surface area contributed by atoms with Crippen molar-refractivity contribution in [1.29, 1.82) is 0 Å². The van der Waals surface area contributed by atoms with Gasteiger partial charge < -0.3 is 40.3 Å². The van der Waals surface area contributed by atoms with Crippen LogP contribution in [0.1, 0.15) is 168 Å². The molecule has 1 aliphatic rings. The summed E-state index contributed by atoms with van der Waals surface area (Å²) in [5.74, 6) is -0.219. The predicted molar refractivity (Wildman–Crippen MR) is 271 cm³/mol. The van der Waals surface area contributed by atoms with Crippen LogP contribution >= 0.6 is 0 Å². The van der Waals surface area contributed by atoms with Crippen LogP contribution in [0.15, 0.2) is 122 Å². The van der Waals surface area contributed by atoms with Crippen molar-refractivity contribution in [3.05, 3.63) is 122 Å². The average Bonchev–Trinajstić information content (AvgIpc) is 3.31. The summed E-state index contributed by atoms with van der Waals surface area (Å²) in [7, 11) is 0. The van der Waals surface area contributed by atoms with E-state index in [0.29, 0.717) is 12.8 Å². The van der Waals surface area contributed by atoms with Gasteiger partial charge in [0.2, 0.25) is 5.91 Å². The first kappa shape index (κ1) is 59.6. The Morgan fingerprint density at radius 3 is 1.48 bits per heavy atom. The summed E-state index contributed by atoms with van der Waals surface area (Å²) in [6, 6.07) is -0.844. The molecule has 0 saturated carbocycles. The topological polar surface area (TPSA) is 149 Å². The van der Waals surface area contributed by atoms with Gasteiger partial charge in [-0.3, -0.25) is 4.79 Å². The molecule has 0 aliphatic carbocycles. The second kappa shape index (κ2) is 44.4. The fourth-order valence-corrected chi connectivity index (χ4v) is 7.01. The van der Waals surface area contributed by atoms with Gasteiger partial charge in [0, 0.05) is 6.42 Å². The quantitative estimate of drug-likeness (QED) is 0.0263. The van der Waals surface area contributed by atoms with Crippen molar-refractivity contribution >= 4 is 5.91 Å². The van der Waals surface area contributed by atoms with E-state index in [1.807, 2.05) is 6.08 Å². The van der Waals surface area contributed by atoms with Crippen LogP contribution in [0.5, 0.6) is 0 Å². The van der Waals surface area contributed by atoms with Crippen LogP contribution in [0.2, 0.25) is 0 Å². The van der Waals surface area contributed by atoms with Gasteiger partial charge in [-0.15, -0.1) is 0 Å². The second-order valence-corrected chi connectivity index (χ2v) is 16.9. The smallest absolute Gasteiger partial charge is 0.220 e. The lowest BCUT2D eigenvalue weighted by Gasteiger charge is -2.40. The molecule has 9 nitrogen and oxygen atoms in total. The maximum atomic E-state index is 13.0. The molecule has 0 bridgehead atoms. The van der Waals surface area contributed by atoms with Gasteiger partial charge in [0.25, 0.3) is 0 Å². The van der Waals surface area contributed by atoms with Crippen molar-refractivity contribution in [2.75, 3.05) is 13.2 Å². The lowest BCUT2D eigenvalue weighted by molar-refractivity contribution is -0.302. The number of amides is 1. The Morgan fingerprint density at radius 2 is 0.969 bits per heavy atom. The van der Waals surface area contributed by atoms with Crippen LogP contribution in [0, 0.1) is 0 Å². The Morgan fingerprint density at radius 1 is 0.538 bits per heavy atom. The molecule has 1 aliphatic heterocycles. The number of hydrogen-bond donors (Lipinski definition) is 6. The number of allylic oxidation sites excluding steroid dienone is 19. The molecule has 7 atom stereocenters. The van der Waals surface area contributed by atoms with Gasteiger partial charge >= 0.3 is 0 Å². The Kier molecular flexibility index (Phi) is 40.7. The molecule has 0 radical (unpaired) electrons. The maximum absolute atomic E-state index is 13.0. The highest BCUT2D eigenvalue weighted by molar-refractivity contribution is 5.76. The lowest BCUT2D eigenvalue weighted by Crippen LogP contribution is -2.60. The number of nitrogens with one attached hydrogen (secondary N) is 1. The van der Waals surface area contributed by atoms with Gasteiger partial charge in [0.15, 0.2) is 6.29 Å². The molecule has 0 aromatic heterocycles. The number of ether oxygens (including phenoxy) is 2. The molecule has 1 amide bonds. The minimum atomic E-state index is -1.58. The van der Waals surface area contributed by atoms with Crippen molar-refractivity contribution in [3.63, 3.8) is 0 Å². The van der Waals surface area contributed by atoms with Gasteiger partial charge in [0.1, 0.15) is 24.4 Å². The monoisotopic (exact) mass is 906 g/mol. The van der Waals surface area contributed by atoms with Crippen molar-refractivity contribution in [2.24, 2.45) is 0 Å². The molecular formula is C56H91NO8. The van der Waals surface area contributed by atoms with E-state index in [0.717, 1.165) is 96.3 Å². The lowest BCUT2D eigenvalue weighted by atomic mass is 9.99. The fraction of sp³-hybridized carbons (Fsp3) is 0.625. The van der Waals surface area contributed by atoms with E-state index in [2.05, 4.69) is 129 Å². The van der Waals surface area contributed by atoms with Crippen molar-refractivity contribution in [3.8, 4) is 0 Å². The summed E-state index contributed by atoms with van der Waals surface area (Å²) in [5.41, 5.74) is 0. The van der Waals surface area contributed by atoms with Crippen LogP contribution < -0.4 is 5.32 Å². The van der Waals surface area contributed by atoms with Gasteiger partial charge in [-0.05, 0) is 96.3 Å². The van der Waals surface area contributed by atoms with Crippen molar-refractivity contribution in [1.82, 2.24) is 5.32 Å². The molecule has 0 spiro atoms. The fourth-order valence-electron chi connectivity index (χ4n) is 7.01. The molecule has 9 heteroatoms. The van der Waals surface area contributed by atoms with Crippen LogP contribution in [0.25, 0.3) is 0 Å². The van der Waals surface area contributed by atoms with E-state index in [1.165, 1.54) is 44.9 Å². The zero-order chi connectivity index (χ0) is 47.3. The Hall–Kier alpha value is -3.41. The number of aliphatic hydroxyl groups is 5. The van der Waals surface area contributed by atoms with Gasteiger partial charge in [-0.25, -0.2) is 0 Å². The highest BCUT2D eigenvalue weighted by Gasteiger charge is 2.44. The Balaban J connectivity index is 2.32. The predicted octanol–water partition coefficient (Wildman–Crippen LogP) is 11.6. The summed E-state index contributed by atoms with van der Waals surface area (Å²) in [5, 5.41) is 54.2. The Labute approximate surface area is 395 Å². The summed E-state index contributed by atoms with van der Waals surface area (Å²) < 4.78 is 11.2. The van der Waals surface area contributed by atoms with Crippen molar-refractivity contribution < 1.29 is 39.8 Å². The number of unbranched alkanes of at least 4 members (excludes halogenated alkanes) is 12. The van der Waals surface area contributed by atoms with Crippen LogP contribution in [-0.2, 0) is 14.3 Å². The van der Waals surface area contributed by atoms with E-state index < -0.39 is 49.5 Å². The molecule has 7 unspecified atom stereocenters. The minimum absolute atomic E-state index is 0.219. The van der Waals surface area contributed by atoms with Crippen LogP contribution in [-0.4, -0.2) is 87.5 Å². The minimum Gasteiger partial charge on any atom is -0.394 e. The van der Waals surface area contributed by atoms with E-state index in [4.69, 9.17) is 9.47 Å². The molecule has 0 aromatic rings. The summed E-state index contributed by atoms with van der Waals surface area (Å²) in [4.78, 5) is 13.0. The number of aliphatic hydroxyl groups excluding tert-OH is 5. The zero-order valence-electron chi connectivity index (χ0n) is 40.4. The third-order valence-corrected chi connectivity index (χ3v) is 11.0. The first-order valence-corrected chi connectivity index (χ1v) is 25.3. The highest BCUT2D eigenvalue weighted by atomic mass is 16.7. The number of rotatable bonds is 40. The van der Waals surface area contributed by atoms with Crippen LogP contribution in [0.3, 0.4) is 0 Å². The average molecular weight is 906 g/mol.